The number of carbonyl (C=O) groups excluding carboxylic acids is 1. The van der Waals surface area contributed by atoms with Crippen LogP contribution in [0.1, 0.15) is 24.1 Å². The molecule has 0 amide bonds. The first-order chi connectivity index (χ1) is 16.9. The van der Waals surface area contributed by atoms with Crippen LogP contribution < -0.4 is 24.4 Å². The average molecular weight is 495 g/mol. The van der Waals surface area contributed by atoms with Gasteiger partial charge in [-0.15, -0.1) is 0 Å². The highest BCUT2D eigenvalue weighted by Gasteiger charge is 2.33. The molecule has 4 rings (SSSR count). The van der Waals surface area contributed by atoms with Gasteiger partial charge in [0.05, 0.1) is 36.1 Å². The Balaban J connectivity index is 1.95. The summed E-state index contributed by atoms with van der Waals surface area (Å²) in [6, 6.07) is 10.5. The van der Waals surface area contributed by atoms with Crippen molar-refractivity contribution >= 4 is 23.4 Å². The molecule has 1 atom stereocenters. The lowest BCUT2D eigenvalue weighted by Gasteiger charge is -2.25. The minimum absolute atomic E-state index is 0.221. The van der Waals surface area contributed by atoms with Gasteiger partial charge in [-0.1, -0.05) is 48.3 Å². The zero-order chi connectivity index (χ0) is 25.1. The third-order valence-electron chi connectivity index (χ3n) is 5.48. The number of hydrogen-bond acceptors (Lipinski definition) is 7. The van der Waals surface area contributed by atoms with Gasteiger partial charge in [-0.2, -0.15) is 0 Å². The van der Waals surface area contributed by atoms with Gasteiger partial charge in [0.1, 0.15) is 12.4 Å². The Bertz CT molecular complexity index is 1520. The molecule has 0 N–H and O–H groups in total. The van der Waals surface area contributed by atoms with Crippen LogP contribution in [0.25, 0.3) is 6.08 Å². The van der Waals surface area contributed by atoms with E-state index in [0.717, 1.165) is 11.3 Å². The van der Waals surface area contributed by atoms with Crippen molar-refractivity contribution in [3.05, 3.63) is 103 Å². The highest BCUT2D eigenvalue weighted by atomic mass is 32.1. The summed E-state index contributed by atoms with van der Waals surface area (Å²) in [5.41, 5.74) is 1.12. The van der Waals surface area contributed by atoms with Gasteiger partial charge < -0.3 is 14.2 Å². The van der Waals surface area contributed by atoms with E-state index in [1.165, 1.54) is 30.9 Å². The number of fused-ring (bicyclic) bond motifs is 1. The predicted octanol–water partition coefficient (Wildman–Crippen LogP) is 3.12. The van der Waals surface area contributed by atoms with E-state index >= 15 is 0 Å². The van der Waals surface area contributed by atoms with Crippen molar-refractivity contribution in [3.8, 4) is 11.5 Å². The zero-order valence-electron chi connectivity index (χ0n) is 19.4. The number of thiazole rings is 1. The molecule has 0 saturated heterocycles. The number of methoxy groups -OCH3 is 2. The Labute approximate surface area is 204 Å². The molecule has 1 aliphatic rings. The second-order valence-corrected chi connectivity index (χ2v) is 8.61. The van der Waals surface area contributed by atoms with Crippen molar-refractivity contribution in [1.82, 2.24) is 4.57 Å². The fourth-order valence-corrected chi connectivity index (χ4v) is 4.90. The molecule has 7 nitrogen and oxygen atoms in total. The molecule has 0 radical (unpaired) electrons. The lowest BCUT2D eigenvalue weighted by Crippen LogP contribution is -2.39. The van der Waals surface area contributed by atoms with Crippen LogP contribution in [0.4, 0.5) is 4.39 Å². The third kappa shape index (κ3) is 4.54. The number of halogens is 1. The zero-order valence-corrected chi connectivity index (χ0v) is 20.2. The molecule has 0 saturated carbocycles. The van der Waals surface area contributed by atoms with Crippen LogP contribution in [0.15, 0.2) is 76.2 Å². The second kappa shape index (κ2) is 10.1. The molecule has 1 aromatic heterocycles. The number of carbonyl (C=O) groups is 1. The summed E-state index contributed by atoms with van der Waals surface area (Å²) in [5, 5.41) is 0. The molecule has 9 heteroatoms. The van der Waals surface area contributed by atoms with Crippen molar-refractivity contribution in [2.75, 3.05) is 20.8 Å². The molecule has 0 unspecified atom stereocenters. The first kappa shape index (κ1) is 24.2. The second-order valence-electron chi connectivity index (χ2n) is 7.60. The number of rotatable bonds is 7. The fourth-order valence-electron chi connectivity index (χ4n) is 3.86. The molecular weight excluding hydrogens is 471 g/mol. The number of benzene rings is 2. The maximum absolute atomic E-state index is 14.3. The van der Waals surface area contributed by atoms with Gasteiger partial charge in [0, 0.05) is 5.56 Å². The Morgan fingerprint density at radius 3 is 2.69 bits per heavy atom. The Hall–Kier alpha value is -3.98. The van der Waals surface area contributed by atoms with E-state index in [2.05, 4.69) is 11.6 Å². The third-order valence-corrected chi connectivity index (χ3v) is 6.46. The molecular formula is C26H23FN2O5S. The van der Waals surface area contributed by atoms with Crippen molar-refractivity contribution in [1.29, 1.82) is 0 Å². The van der Waals surface area contributed by atoms with Crippen LogP contribution in [0.5, 0.6) is 11.5 Å². The minimum atomic E-state index is -0.830. The Morgan fingerprint density at radius 1 is 1.23 bits per heavy atom. The van der Waals surface area contributed by atoms with Gasteiger partial charge in [-0.25, -0.2) is 14.2 Å². The number of ether oxygens (including phenoxy) is 3. The van der Waals surface area contributed by atoms with E-state index in [-0.39, 0.29) is 22.3 Å². The molecule has 180 valence electrons. The fraction of sp³-hybridized carbons (Fsp3) is 0.192. The number of nitrogens with zero attached hydrogens (tertiary/aromatic N) is 2. The highest BCUT2D eigenvalue weighted by Crippen LogP contribution is 2.36. The van der Waals surface area contributed by atoms with Crippen LogP contribution in [0.3, 0.4) is 0 Å². The van der Waals surface area contributed by atoms with E-state index in [9.17, 15) is 14.0 Å². The summed E-state index contributed by atoms with van der Waals surface area (Å²) in [6.45, 7) is 5.62. The Morgan fingerprint density at radius 2 is 2.00 bits per heavy atom. The lowest BCUT2D eigenvalue weighted by atomic mass is 9.95. The summed E-state index contributed by atoms with van der Waals surface area (Å²) in [5.74, 6) is -0.133. The van der Waals surface area contributed by atoms with Gasteiger partial charge in [-0.05, 0) is 36.8 Å². The summed E-state index contributed by atoms with van der Waals surface area (Å²) in [6.07, 6.45) is 3.10. The minimum Gasteiger partial charge on any atom is -0.493 e. The molecule has 0 bridgehead atoms. The quantitative estimate of drug-likeness (QED) is 0.373. The molecule has 2 heterocycles. The van der Waals surface area contributed by atoms with Crippen LogP contribution in [-0.2, 0) is 9.53 Å². The first-order valence-electron chi connectivity index (χ1n) is 10.7. The van der Waals surface area contributed by atoms with Crippen molar-refractivity contribution in [2.24, 2.45) is 4.99 Å². The molecule has 1 aliphatic heterocycles. The number of allylic oxidation sites excluding steroid dienone is 1. The number of aromatic nitrogens is 1. The normalized spacial score (nSPS) is 15.3. The highest BCUT2D eigenvalue weighted by molar-refractivity contribution is 7.07. The molecule has 0 fully saturated rings. The van der Waals surface area contributed by atoms with Crippen molar-refractivity contribution < 1.29 is 23.4 Å². The largest absolute Gasteiger partial charge is 0.493 e. The summed E-state index contributed by atoms with van der Waals surface area (Å²) in [7, 11) is 2.78. The van der Waals surface area contributed by atoms with Gasteiger partial charge >= 0.3 is 5.97 Å². The monoisotopic (exact) mass is 494 g/mol. The maximum Gasteiger partial charge on any atom is 0.338 e. The van der Waals surface area contributed by atoms with Crippen LogP contribution >= 0.6 is 11.3 Å². The predicted molar refractivity (Wildman–Crippen MR) is 131 cm³/mol. The van der Waals surface area contributed by atoms with E-state index < -0.39 is 23.4 Å². The molecule has 3 aromatic rings. The number of esters is 1. The first-order valence-corrected chi connectivity index (χ1v) is 11.5. The van der Waals surface area contributed by atoms with Gasteiger partial charge in [0.25, 0.3) is 5.56 Å². The molecule has 0 spiro atoms. The van der Waals surface area contributed by atoms with E-state index in [1.807, 2.05) is 0 Å². The standard InChI is InChI=1S/C26H23FN2O5S/c1-5-12-34-19-11-10-17(13-20(19)32-3)23-22(25(31)33-4)15(2)28-26-29(23)24(30)21(35-26)14-16-8-6-7-9-18(16)27/h5-11,13-14,23H,1,12H2,2-4H3/b21-14-/t23-/m1/s1. The van der Waals surface area contributed by atoms with E-state index in [0.29, 0.717) is 27.6 Å². The van der Waals surface area contributed by atoms with Crippen LogP contribution in [0, 0.1) is 5.82 Å². The van der Waals surface area contributed by atoms with Gasteiger partial charge in [0.15, 0.2) is 16.3 Å². The van der Waals surface area contributed by atoms with Crippen molar-refractivity contribution in [3.63, 3.8) is 0 Å². The van der Waals surface area contributed by atoms with E-state index in [1.54, 1.807) is 49.4 Å². The van der Waals surface area contributed by atoms with Gasteiger partial charge in [0.2, 0.25) is 0 Å². The molecule has 0 aliphatic carbocycles. The SMILES string of the molecule is C=CCOc1ccc([C@@H]2C(C(=O)OC)=C(C)N=c3s/c(=C\c4ccccc4F)c(=O)n32)cc1OC. The van der Waals surface area contributed by atoms with E-state index in [4.69, 9.17) is 14.2 Å². The summed E-state index contributed by atoms with van der Waals surface area (Å²) >= 11 is 1.12. The topological polar surface area (TPSA) is 79.1 Å². The Kier molecular flexibility index (Phi) is 6.97. The average Bonchev–Trinajstić information content (AvgIpc) is 3.17. The van der Waals surface area contributed by atoms with Crippen LogP contribution in [0.2, 0.25) is 0 Å². The smallest absolute Gasteiger partial charge is 0.338 e. The van der Waals surface area contributed by atoms with Crippen LogP contribution in [-0.4, -0.2) is 31.4 Å². The molecule has 2 aromatic carbocycles. The van der Waals surface area contributed by atoms with Gasteiger partial charge in [-0.3, -0.25) is 9.36 Å². The summed E-state index contributed by atoms with van der Waals surface area (Å²) in [4.78, 5) is 31.3. The maximum atomic E-state index is 14.3. The summed E-state index contributed by atoms with van der Waals surface area (Å²) < 4.78 is 32.1. The van der Waals surface area contributed by atoms with Crippen molar-refractivity contribution in [2.45, 2.75) is 13.0 Å². The number of hydrogen-bond donors (Lipinski definition) is 0. The molecule has 35 heavy (non-hydrogen) atoms. The lowest BCUT2D eigenvalue weighted by molar-refractivity contribution is -0.136.